The minimum Gasteiger partial charge on any atom is -0.449 e. The monoisotopic (exact) mass is 268 g/mol. The van der Waals surface area contributed by atoms with Crippen LogP contribution in [-0.2, 0) is 9.53 Å². The molecule has 0 heterocycles. The van der Waals surface area contributed by atoms with Gasteiger partial charge in [-0.15, -0.1) is 0 Å². The van der Waals surface area contributed by atoms with E-state index in [1.807, 2.05) is 0 Å². The molecular formula is C8H13IO2. The fourth-order valence-corrected chi connectivity index (χ4v) is 2.51. The Labute approximate surface area is 80.8 Å². The summed E-state index contributed by atoms with van der Waals surface area (Å²) in [5.41, 5.74) is 0. The van der Waals surface area contributed by atoms with E-state index in [2.05, 4.69) is 22.6 Å². The summed E-state index contributed by atoms with van der Waals surface area (Å²) >= 11 is 2.26. The van der Waals surface area contributed by atoms with Gasteiger partial charge in [-0.1, -0.05) is 6.42 Å². The number of carbonyl (C=O) groups is 1. The van der Waals surface area contributed by atoms with E-state index in [9.17, 15) is 4.79 Å². The SMILES string of the molecule is CC(=O)OC1(I)CCCCC1. The summed E-state index contributed by atoms with van der Waals surface area (Å²) in [4.78, 5) is 10.7. The lowest BCUT2D eigenvalue weighted by molar-refractivity contribution is -0.149. The van der Waals surface area contributed by atoms with Crippen LogP contribution in [0.1, 0.15) is 39.0 Å². The molecule has 1 saturated carbocycles. The standard InChI is InChI=1S/C8H13IO2/c1-7(10)11-8(9)5-3-2-4-6-8/h2-6H2,1H3. The molecule has 0 aliphatic heterocycles. The third-order valence-electron chi connectivity index (χ3n) is 1.93. The molecule has 0 amide bonds. The summed E-state index contributed by atoms with van der Waals surface area (Å²) in [7, 11) is 0. The maximum Gasteiger partial charge on any atom is 0.303 e. The van der Waals surface area contributed by atoms with Crippen molar-refractivity contribution < 1.29 is 9.53 Å². The van der Waals surface area contributed by atoms with Crippen LogP contribution in [0.5, 0.6) is 0 Å². The van der Waals surface area contributed by atoms with Gasteiger partial charge in [0.05, 0.1) is 0 Å². The lowest BCUT2D eigenvalue weighted by Gasteiger charge is -2.30. The van der Waals surface area contributed by atoms with E-state index in [1.165, 1.54) is 26.2 Å². The number of esters is 1. The smallest absolute Gasteiger partial charge is 0.303 e. The zero-order valence-electron chi connectivity index (χ0n) is 6.73. The van der Waals surface area contributed by atoms with Crippen molar-refractivity contribution in [3.05, 3.63) is 0 Å². The molecule has 0 aromatic heterocycles. The Morgan fingerprint density at radius 2 is 1.91 bits per heavy atom. The predicted molar refractivity (Wildman–Crippen MR) is 51.6 cm³/mol. The maximum atomic E-state index is 10.7. The van der Waals surface area contributed by atoms with Crippen molar-refractivity contribution >= 4 is 28.6 Å². The molecular weight excluding hydrogens is 255 g/mol. The van der Waals surface area contributed by atoms with Crippen LogP contribution < -0.4 is 0 Å². The lowest BCUT2D eigenvalue weighted by atomic mass is 9.98. The molecule has 0 aromatic carbocycles. The molecule has 0 radical (unpaired) electrons. The molecule has 1 aliphatic carbocycles. The Bertz CT molecular complexity index is 150. The van der Waals surface area contributed by atoms with Gasteiger partial charge in [-0.05, 0) is 48.3 Å². The number of carbonyl (C=O) groups excluding carboxylic acids is 1. The first-order valence-corrected chi connectivity index (χ1v) is 5.09. The second-order valence-electron chi connectivity index (χ2n) is 3.04. The molecule has 1 aliphatic rings. The molecule has 2 nitrogen and oxygen atoms in total. The maximum absolute atomic E-state index is 10.7. The minimum absolute atomic E-state index is 0.152. The normalized spacial score (nSPS) is 22.7. The van der Waals surface area contributed by atoms with Crippen molar-refractivity contribution in [2.75, 3.05) is 0 Å². The first-order chi connectivity index (χ1) is 5.12. The summed E-state index contributed by atoms with van der Waals surface area (Å²) in [5, 5.41) is 0. The number of halogens is 1. The lowest BCUT2D eigenvalue weighted by Crippen LogP contribution is -2.29. The number of hydrogen-bond acceptors (Lipinski definition) is 2. The zero-order valence-corrected chi connectivity index (χ0v) is 8.89. The van der Waals surface area contributed by atoms with Crippen molar-refractivity contribution in [2.45, 2.75) is 42.6 Å². The van der Waals surface area contributed by atoms with E-state index < -0.39 is 0 Å². The molecule has 0 N–H and O–H groups in total. The molecule has 0 unspecified atom stereocenters. The molecule has 0 aromatic rings. The number of alkyl halides is 1. The fourth-order valence-electron chi connectivity index (χ4n) is 1.44. The van der Waals surface area contributed by atoms with Gasteiger partial charge in [0.15, 0.2) is 3.61 Å². The predicted octanol–water partition coefficient (Wildman–Crippen LogP) is 2.64. The third kappa shape index (κ3) is 2.97. The summed E-state index contributed by atoms with van der Waals surface area (Å²) in [6.45, 7) is 1.48. The van der Waals surface area contributed by atoms with Crippen molar-refractivity contribution in [1.82, 2.24) is 0 Å². The van der Waals surface area contributed by atoms with Crippen molar-refractivity contribution in [1.29, 1.82) is 0 Å². The van der Waals surface area contributed by atoms with Gasteiger partial charge in [0.1, 0.15) is 0 Å². The number of ether oxygens (including phenoxy) is 1. The van der Waals surface area contributed by atoms with Gasteiger partial charge in [-0.3, -0.25) is 4.79 Å². The summed E-state index contributed by atoms with van der Waals surface area (Å²) in [6.07, 6.45) is 5.71. The molecule has 0 atom stereocenters. The highest BCUT2D eigenvalue weighted by Gasteiger charge is 2.31. The van der Waals surface area contributed by atoms with Crippen LogP contribution >= 0.6 is 22.6 Å². The molecule has 0 bridgehead atoms. The minimum atomic E-state index is -0.179. The summed E-state index contributed by atoms with van der Waals surface area (Å²) in [5.74, 6) is -0.152. The third-order valence-corrected chi connectivity index (χ3v) is 3.23. The van der Waals surface area contributed by atoms with Crippen LogP contribution in [-0.4, -0.2) is 9.58 Å². The highest BCUT2D eigenvalue weighted by molar-refractivity contribution is 14.1. The van der Waals surface area contributed by atoms with E-state index in [1.54, 1.807) is 0 Å². The Kier molecular flexibility index (Phi) is 3.16. The van der Waals surface area contributed by atoms with E-state index in [4.69, 9.17) is 4.74 Å². The highest BCUT2D eigenvalue weighted by atomic mass is 127. The van der Waals surface area contributed by atoms with E-state index in [0.29, 0.717) is 0 Å². The average Bonchev–Trinajstić information content (AvgIpc) is 1.85. The molecule has 11 heavy (non-hydrogen) atoms. The molecule has 0 spiro atoms. The van der Waals surface area contributed by atoms with E-state index >= 15 is 0 Å². The van der Waals surface area contributed by atoms with Crippen LogP contribution in [0, 0.1) is 0 Å². The number of hydrogen-bond donors (Lipinski definition) is 0. The van der Waals surface area contributed by atoms with E-state index in [0.717, 1.165) is 12.8 Å². The largest absolute Gasteiger partial charge is 0.449 e. The Morgan fingerprint density at radius 1 is 1.36 bits per heavy atom. The first kappa shape index (κ1) is 9.29. The molecule has 64 valence electrons. The van der Waals surface area contributed by atoms with E-state index in [-0.39, 0.29) is 9.58 Å². The molecule has 1 rings (SSSR count). The van der Waals surface area contributed by atoms with Gasteiger partial charge in [-0.2, -0.15) is 0 Å². The van der Waals surface area contributed by atoms with Gasteiger partial charge >= 0.3 is 5.97 Å². The van der Waals surface area contributed by atoms with Crippen LogP contribution in [0.25, 0.3) is 0 Å². The zero-order chi connectivity index (χ0) is 8.32. The van der Waals surface area contributed by atoms with Gasteiger partial charge in [0.25, 0.3) is 0 Å². The van der Waals surface area contributed by atoms with Crippen molar-refractivity contribution in [3.8, 4) is 0 Å². The van der Waals surface area contributed by atoms with Gasteiger partial charge in [-0.25, -0.2) is 0 Å². The Morgan fingerprint density at radius 3 is 2.36 bits per heavy atom. The highest BCUT2D eigenvalue weighted by Crippen LogP contribution is 2.37. The molecule has 1 fully saturated rings. The first-order valence-electron chi connectivity index (χ1n) is 4.01. The Hall–Kier alpha value is 0.200. The summed E-state index contributed by atoms with van der Waals surface area (Å²) in [6, 6.07) is 0. The quantitative estimate of drug-likeness (QED) is 0.415. The topological polar surface area (TPSA) is 26.3 Å². The van der Waals surface area contributed by atoms with Crippen molar-refractivity contribution in [3.63, 3.8) is 0 Å². The number of rotatable bonds is 1. The van der Waals surface area contributed by atoms with Gasteiger partial charge in [0, 0.05) is 6.92 Å². The fraction of sp³-hybridized carbons (Fsp3) is 0.875. The van der Waals surface area contributed by atoms with Gasteiger partial charge in [0.2, 0.25) is 0 Å². The van der Waals surface area contributed by atoms with Crippen molar-refractivity contribution in [2.24, 2.45) is 0 Å². The average molecular weight is 268 g/mol. The van der Waals surface area contributed by atoms with Crippen LogP contribution in [0.4, 0.5) is 0 Å². The molecule has 3 heteroatoms. The Balaban J connectivity index is 2.43. The second-order valence-corrected chi connectivity index (χ2v) is 5.00. The second kappa shape index (κ2) is 3.74. The molecule has 0 saturated heterocycles. The summed E-state index contributed by atoms with van der Waals surface area (Å²) < 4.78 is 5.05. The van der Waals surface area contributed by atoms with Crippen LogP contribution in [0.3, 0.4) is 0 Å². The van der Waals surface area contributed by atoms with Crippen LogP contribution in [0.2, 0.25) is 0 Å². The van der Waals surface area contributed by atoms with Gasteiger partial charge < -0.3 is 4.74 Å². The van der Waals surface area contributed by atoms with Crippen LogP contribution in [0.15, 0.2) is 0 Å².